The lowest BCUT2D eigenvalue weighted by Crippen LogP contribution is -2.40. The van der Waals surface area contributed by atoms with Gasteiger partial charge in [0.2, 0.25) is 0 Å². The number of imidazole rings is 1. The fourth-order valence-corrected chi connectivity index (χ4v) is 2.79. The van der Waals surface area contributed by atoms with Gasteiger partial charge < -0.3 is 24.3 Å². The molecule has 0 bridgehead atoms. The van der Waals surface area contributed by atoms with Crippen molar-refractivity contribution in [3.05, 3.63) is 42.0 Å². The van der Waals surface area contributed by atoms with Crippen LogP contribution in [0.25, 0.3) is 0 Å². The fourth-order valence-electron chi connectivity index (χ4n) is 2.79. The van der Waals surface area contributed by atoms with Crippen LogP contribution in [-0.4, -0.2) is 59.6 Å². The first-order valence-corrected chi connectivity index (χ1v) is 8.54. The molecule has 0 saturated carbocycles. The summed E-state index contributed by atoms with van der Waals surface area (Å²) in [6, 6.07) is 7.31. The van der Waals surface area contributed by atoms with Gasteiger partial charge in [0.05, 0.1) is 13.7 Å². The number of benzene rings is 1. The Morgan fingerprint density at radius 2 is 2.04 bits per heavy atom. The van der Waals surface area contributed by atoms with E-state index in [1.165, 1.54) is 0 Å². The van der Waals surface area contributed by atoms with E-state index in [1.807, 2.05) is 19.1 Å². The predicted molar refractivity (Wildman–Crippen MR) is 94.6 cm³/mol. The number of aromatic nitrogens is 2. The SMILES string of the molecule is CCN1CCn2cc(C(=O)NCCOc3ccccc3OC)nc2C1=O. The Balaban J connectivity index is 1.54. The van der Waals surface area contributed by atoms with Gasteiger partial charge in [-0.05, 0) is 19.1 Å². The van der Waals surface area contributed by atoms with Gasteiger partial charge >= 0.3 is 0 Å². The molecule has 1 N–H and O–H groups in total. The van der Waals surface area contributed by atoms with Crippen molar-refractivity contribution in [1.82, 2.24) is 19.8 Å². The van der Waals surface area contributed by atoms with Crippen LogP contribution in [0.2, 0.25) is 0 Å². The Hall–Kier alpha value is -3.03. The van der Waals surface area contributed by atoms with Gasteiger partial charge in [-0.1, -0.05) is 12.1 Å². The molecule has 0 aliphatic carbocycles. The van der Waals surface area contributed by atoms with Crippen LogP contribution in [0.4, 0.5) is 0 Å². The molecule has 1 aliphatic heterocycles. The quantitative estimate of drug-likeness (QED) is 0.751. The van der Waals surface area contributed by atoms with Gasteiger partial charge in [-0.15, -0.1) is 0 Å². The van der Waals surface area contributed by atoms with Crippen molar-refractivity contribution in [3.8, 4) is 11.5 Å². The summed E-state index contributed by atoms with van der Waals surface area (Å²) < 4.78 is 12.6. The maximum absolute atomic E-state index is 12.3. The van der Waals surface area contributed by atoms with Gasteiger partial charge in [0.1, 0.15) is 12.3 Å². The number of likely N-dealkylation sites (N-methyl/N-ethyl adjacent to an activating group) is 1. The third kappa shape index (κ3) is 3.63. The lowest BCUT2D eigenvalue weighted by Gasteiger charge is -2.25. The van der Waals surface area contributed by atoms with Crippen molar-refractivity contribution in [3.63, 3.8) is 0 Å². The van der Waals surface area contributed by atoms with Crippen LogP contribution in [0.1, 0.15) is 28.0 Å². The first kappa shape index (κ1) is 17.8. The molecule has 0 unspecified atom stereocenters. The maximum Gasteiger partial charge on any atom is 0.289 e. The summed E-state index contributed by atoms with van der Waals surface area (Å²) >= 11 is 0. The van der Waals surface area contributed by atoms with Crippen molar-refractivity contribution >= 4 is 11.8 Å². The third-order valence-corrected chi connectivity index (χ3v) is 4.19. The van der Waals surface area contributed by atoms with E-state index in [0.29, 0.717) is 50.1 Å². The van der Waals surface area contributed by atoms with E-state index >= 15 is 0 Å². The van der Waals surface area contributed by atoms with Crippen molar-refractivity contribution in [2.45, 2.75) is 13.5 Å². The molecule has 1 aromatic heterocycles. The number of fused-ring (bicyclic) bond motifs is 1. The number of methoxy groups -OCH3 is 1. The second kappa shape index (κ2) is 7.90. The normalized spacial score (nSPS) is 13.3. The molecule has 8 nitrogen and oxygen atoms in total. The number of amides is 2. The van der Waals surface area contributed by atoms with Crippen LogP contribution in [0.15, 0.2) is 30.5 Å². The maximum atomic E-state index is 12.3. The Kier molecular flexibility index (Phi) is 5.40. The minimum absolute atomic E-state index is 0.141. The minimum Gasteiger partial charge on any atom is -0.493 e. The zero-order valence-corrected chi connectivity index (χ0v) is 14.9. The monoisotopic (exact) mass is 358 g/mol. The highest BCUT2D eigenvalue weighted by atomic mass is 16.5. The molecule has 0 spiro atoms. The first-order valence-electron chi connectivity index (χ1n) is 8.54. The van der Waals surface area contributed by atoms with E-state index in [9.17, 15) is 9.59 Å². The molecule has 0 saturated heterocycles. The molecule has 2 heterocycles. The summed E-state index contributed by atoms with van der Waals surface area (Å²) in [5, 5.41) is 2.75. The molecule has 0 radical (unpaired) electrons. The number of para-hydroxylation sites is 2. The van der Waals surface area contributed by atoms with Gasteiger partial charge in [0.15, 0.2) is 17.3 Å². The molecule has 8 heteroatoms. The molecule has 0 fully saturated rings. The average molecular weight is 358 g/mol. The largest absolute Gasteiger partial charge is 0.493 e. The predicted octanol–water partition coefficient (Wildman–Crippen LogP) is 1.18. The summed E-state index contributed by atoms with van der Waals surface area (Å²) in [7, 11) is 1.57. The van der Waals surface area contributed by atoms with Crippen molar-refractivity contribution in [2.24, 2.45) is 0 Å². The summed E-state index contributed by atoms with van der Waals surface area (Å²) in [4.78, 5) is 30.4. The highest BCUT2D eigenvalue weighted by molar-refractivity contribution is 5.96. The zero-order valence-electron chi connectivity index (χ0n) is 14.9. The van der Waals surface area contributed by atoms with Gasteiger partial charge in [0.25, 0.3) is 11.8 Å². The topological polar surface area (TPSA) is 85.7 Å². The molecule has 3 rings (SSSR count). The van der Waals surface area contributed by atoms with Crippen LogP contribution in [-0.2, 0) is 6.54 Å². The van der Waals surface area contributed by atoms with Crippen LogP contribution in [0, 0.1) is 0 Å². The number of rotatable bonds is 7. The molecule has 2 amide bonds. The Labute approximate surface area is 151 Å². The first-order chi connectivity index (χ1) is 12.6. The molecular weight excluding hydrogens is 336 g/mol. The summed E-state index contributed by atoms with van der Waals surface area (Å²) in [6.45, 7) is 4.44. The molecule has 138 valence electrons. The van der Waals surface area contributed by atoms with Crippen LogP contribution < -0.4 is 14.8 Å². The Morgan fingerprint density at radius 1 is 1.27 bits per heavy atom. The average Bonchev–Trinajstić information content (AvgIpc) is 3.11. The van der Waals surface area contributed by atoms with Crippen molar-refractivity contribution in [1.29, 1.82) is 0 Å². The Morgan fingerprint density at radius 3 is 2.77 bits per heavy atom. The van der Waals surface area contributed by atoms with E-state index in [1.54, 1.807) is 34.9 Å². The molecule has 0 atom stereocenters. The second-order valence-corrected chi connectivity index (χ2v) is 5.78. The van der Waals surface area contributed by atoms with Crippen LogP contribution in [0.5, 0.6) is 11.5 Å². The smallest absolute Gasteiger partial charge is 0.289 e. The highest BCUT2D eigenvalue weighted by Gasteiger charge is 2.27. The number of nitrogens with zero attached hydrogens (tertiary/aromatic N) is 3. The lowest BCUT2D eigenvalue weighted by atomic mass is 10.3. The molecule has 26 heavy (non-hydrogen) atoms. The van der Waals surface area contributed by atoms with Gasteiger partial charge in [-0.25, -0.2) is 4.98 Å². The second-order valence-electron chi connectivity index (χ2n) is 5.78. The van der Waals surface area contributed by atoms with E-state index in [0.717, 1.165) is 0 Å². The standard InChI is InChI=1S/C18H22N4O4/c1-3-21-9-10-22-12-13(20-16(22)18(21)24)17(23)19-8-11-26-15-7-5-4-6-14(15)25-2/h4-7,12H,3,8-11H2,1-2H3,(H,19,23). The molecule has 2 aromatic rings. The molecule has 1 aromatic carbocycles. The number of carbonyl (C=O) groups is 2. The lowest BCUT2D eigenvalue weighted by molar-refractivity contribution is 0.0707. The number of nitrogens with one attached hydrogen (secondary N) is 1. The van der Waals surface area contributed by atoms with E-state index in [4.69, 9.17) is 9.47 Å². The summed E-state index contributed by atoms with van der Waals surface area (Å²) in [5.41, 5.74) is 0.239. The van der Waals surface area contributed by atoms with Crippen molar-refractivity contribution in [2.75, 3.05) is 33.4 Å². The number of carbonyl (C=O) groups excluding carboxylic acids is 2. The van der Waals surface area contributed by atoms with Gasteiger partial charge in [-0.3, -0.25) is 9.59 Å². The highest BCUT2D eigenvalue weighted by Crippen LogP contribution is 2.25. The zero-order chi connectivity index (χ0) is 18.5. The third-order valence-electron chi connectivity index (χ3n) is 4.19. The number of hydrogen-bond donors (Lipinski definition) is 1. The minimum atomic E-state index is -0.327. The summed E-state index contributed by atoms with van der Waals surface area (Å²) in [5.74, 6) is 1.10. The van der Waals surface area contributed by atoms with Crippen LogP contribution in [0.3, 0.4) is 0 Å². The number of ether oxygens (including phenoxy) is 2. The summed E-state index contributed by atoms with van der Waals surface area (Å²) in [6.07, 6.45) is 1.62. The Bertz CT molecular complexity index is 802. The van der Waals surface area contributed by atoms with Gasteiger partial charge in [-0.2, -0.15) is 0 Å². The van der Waals surface area contributed by atoms with E-state index in [-0.39, 0.29) is 17.5 Å². The van der Waals surface area contributed by atoms with E-state index in [2.05, 4.69) is 10.3 Å². The van der Waals surface area contributed by atoms with Crippen LogP contribution >= 0.6 is 0 Å². The molecule has 1 aliphatic rings. The molecular formula is C18H22N4O4. The van der Waals surface area contributed by atoms with Crippen molar-refractivity contribution < 1.29 is 19.1 Å². The van der Waals surface area contributed by atoms with E-state index < -0.39 is 0 Å². The van der Waals surface area contributed by atoms with Gasteiger partial charge in [0, 0.05) is 25.8 Å². The fraction of sp³-hybridized carbons (Fsp3) is 0.389. The number of hydrogen-bond acceptors (Lipinski definition) is 5.